The first kappa shape index (κ1) is 17.2. The molecule has 1 atom stereocenters. The summed E-state index contributed by atoms with van der Waals surface area (Å²) >= 11 is 0. The number of anilines is 1. The van der Waals surface area contributed by atoms with Crippen LogP contribution in [0.3, 0.4) is 0 Å². The molecule has 1 rings (SSSR count). The van der Waals surface area contributed by atoms with Gasteiger partial charge in [0.15, 0.2) is 0 Å². The first-order valence-corrected chi connectivity index (χ1v) is 7.52. The third-order valence-electron chi connectivity index (χ3n) is 3.72. The van der Waals surface area contributed by atoms with Crippen LogP contribution >= 0.6 is 0 Å². The first-order valence-electron chi connectivity index (χ1n) is 7.52. The molecule has 0 spiro atoms. The molecular formula is C17H26N2O2. The van der Waals surface area contributed by atoms with E-state index in [9.17, 15) is 9.59 Å². The summed E-state index contributed by atoms with van der Waals surface area (Å²) in [6.07, 6.45) is 0.839. The average Bonchev–Trinajstić information content (AvgIpc) is 2.48. The monoisotopic (exact) mass is 290 g/mol. The minimum atomic E-state index is -1.09. The van der Waals surface area contributed by atoms with Crippen LogP contribution in [0.5, 0.6) is 0 Å². The predicted octanol–water partition coefficient (Wildman–Crippen LogP) is 2.98. The van der Waals surface area contributed by atoms with Crippen LogP contribution < -0.4 is 10.2 Å². The maximum Gasteiger partial charge on any atom is 0.242 e. The van der Waals surface area contributed by atoms with Crippen molar-refractivity contribution in [3.05, 3.63) is 30.3 Å². The van der Waals surface area contributed by atoms with E-state index in [1.807, 2.05) is 51.1 Å². The van der Waals surface area contributed by atoms with E-state index in [-0.39, 0.29) is 17.9 Å². The van der Waals surface area contributed by atoms with Crippen LogP contribution in [0.4, 0.5) is 5.69 Å². The molecule has 2 amide bonds. The highest BCUT2D eigenvalue weighted by atomic mass is 16.2. The van der Waals surface area contributed by atoms with Gasteiger partial charge in [-0.1, -0.05) is 25.1 Å². The van der Waals surface area contributed by atoms with Crippen LogP contribution in [0.1, 0.15) is 41.0 Å². The molecule has 1 unspecified atom stereocenters. The minimum absolute atomic E-state index is 0.0661. The number of carbonyl (C=O) groups excluding carboxylic acids is 2. The number of carbonyl (C=O) groups is 2. The molecule has 0 saturated carbocycles. The summed E-state index contributed by atoms with van der Waals surface area (Å²) in [4.78, 5) is 26.8. The lowest BCUT2D eigenvalue weighted by Crippen LogP contribution is -2.51. The van der Waals surface area contributed by atoms with Crippen molar-refractivity contribution in [2.45, 2.75) is 47.1 Å². The zero-order chi connectivity index (χ0) is 16.0. The third kappa shape index (κ3) is 4.06. The van der Waals surface area contributed by atoms with Gasteiger partial charge in [-0.3, -0.25) is 9.59 Å². The van der Waals surface area contributed by atoms with Crippen LogP contribution in [-0.2, 0) is 9.59 Å². The van der Waals surface area contributed by atoms with Gasteiger partial charge >= 0.3 is 0 Å². The lowest BCUT2D eigenvalue weighted by atomic mass is 9.89. The number of hydrogen-bond donors (Lipinski definition) is 1. The molecule has 0 fully saturated rings. The van der Waals surface area contributed by atoms with E-state index in [2.05, 4.69) is 5.32 Å². The maximum absolute atomic E-state index is 12.8. The molecule has 21 heavy (non-hydrogen) atoms. The SMILES string of the molecule is CCC(C)NC(=O)C(C)(C)C(=O)N(CC)c1ccccc1. The third-order valence-corrected chi connectivity index (χ3v) is 3.72. The predicted molar refractivity (Wildman–Crippen MR) is 86.1 cm³/mol. The highest BCUT2D eigenvalue weighted by molar-refractivity contribution is 6.11. The second-order valence-corrected chi connectivity index (χ2v) is 5.79. The summed E-state index contributed by atoms with van der Waals surface area (Å²) in [6, 6.07) is 9.50. The molecule has 1 aromatic rings. The molecule has 4 nitrogen and oxygen atoms in total. The first-order chi connectivity index (χ1) is 9.84. The molecule has 0 saturated heterocycles. The van der Waals surface area contributed by atoms with Crippen LogP contribution in [0.2, 0.25) is 0 Å². The smallest absolute Gasteiger partial charge is 0.242 e. The Labute approximate surface area is 127 Å². The number of benzene rings is 1. The molecule has 0 aliphatic rings. The molecular weight excluding hydrogens is 264 g/mol. The minimum Gasteiger partial charge on any atom is -0.353 e. The molecule has 0 bridgehead atoms. The molecule has 0 aliphatic carbocycles. The van der Waals surface area contributed by atoms with Gasteiger partial charge in [0, 0.05) is 18.3 Å². The Morgan fingerprint density at radius 2 is 1.76 bits per heavy atom. The molecule has 116 valence electrons. The Bertz CT molecular complexity index is 483. The van der Waals surface area contributed by atoms with Crippen LogP contribution in [0, 0.1) is 5.41 Å². The van der Waals surface area contributed by atoms with Gasteiger partial charge in [-0.2, -0.15) is 0 Å². The molecule has 0 heterocycles. The maximum atomic E-state index is 12.8. The zero-order valence-corrected chi connectivity index (χ0v) is 13.6. The number of nitrogens with zero attached hydrogens (tertiary/aromatic N) is 1. The Kier molecular flexibility index (Phi) is 5.94. The van der Waals surface area contributed by atoms with Crippen molar-refractivity contribution < 1.29 is 9.59 Å². The van der Waals surface area contributed by atoms with E-state index in [0.717, 1.165) is 12.1 Å². The van der Waals surface area contributed by atoms with Crippen molar-refractivity contribution in [1.29, 1.82) is 0 Å². The summed E-state index contributed by atoms with van der Waals surface area (Å²) in [5, 5.41) is 2.89. The van der Waals surface area contributed by atoms with Crippen LogP contribution in [-0.4, -0.2) is 24.4 Å². The molecule has 1 aromatic carbocycles. The van der Waals surface area contributed by atoms with Crippen molar-refractivity contribution in [1.82, 2.24) is 5.32 Å². The molecule has 0 aromatic heterocycles. The summed E-state index contributed by atoms with van der Waals surface area (Å²) in [5.74, 6) is -0.409. The van der Waals surface area contributed by atoms with E-state index < -0.39 is 5.41 Å². The molecule has 1 N–H and O–H groups in total. The highest BCUT2D eigenvalue weighted by Crippen LogP contribution is 2.24. The van der Waals surface area contributed by atoms with Crippen molar-refractivity contribution in [2.75, 3.05) is 11.4 Å². The summed E-state index contributed by atoms with van der Waals surface area (Å²) < 4.78 is 0. The molecule has 4 heteroatoms. The van der Waals surface area contributed by atoms with Crippen LogP contribution in [0.25, 0.3) is 0 Å². The van der Waals surface area contributed by atoms with Gasteiger partial charge in [0.05, 0.1) is 0 Å². The number of rotatable bonds is 6. The van der Waals surface area contributed by atoms with Gasteiger partial charge in [0.2, 0.25) is 11.8 Å². The fourth-order valence-electron chi connectivity index (χ4n) is 1.99. The normalized spacial score (nSPS) is 12.6. The number of nitrogens with one attached hydrogen (secondary N) is 1. The van der Waals surface area contributed by atoms with Gasteiger partial charge in [-0.05, 0) is 46.2 Å². The Hall–Kier alpha value is -1.84. The van der Waals surface area contributed by atoms with E-state index in [1.54, 1.807) is 18.7 Å². The number of hydrogen-bond acceptors (Lipinski definition) is 2. The second kappa shape index (κ2) is 7.25. The van der Waals surface area contributed by atoms with Gasteiger partial charge in [0.1, 0.15) is 5.41 Å². The van der Waals surface area contributed by atoms with Crippen molar-refractivity contribution in [3.63, 3.8) is 0 Å². The molecule has 0 aliphatic heterocycles. The average molecular weight is 290 g/mol. The van der Waals surface area contributed by atoms with Gasteiger partial charge in [-0.15, -0.1) is 0 Å². The van der Waals surface area contributed by atoms with Gasteiger partial charge < -0.3 is 10.2 Å². The van der Waals surface area contributed by atoms with E-state index in [0.29, 0.717) is 6.54 Å². The molecule has 0 radical (unpaired) electrons. The topological polar surface area (TPSA) is 49.4 Å². The number of para-hydroxylation sites is 1. The lowest BCUT2D eigenvalue weighted by molar-refractivity contribution is -0.140. The Morgan fingerprint density at radius 3 is 2.24 bits per heavy atom. The Morgan fingerprint density at radius 1 is 1.19 bits per heavy atom. The van der Waals surface area contributed by atoms with Crippen molar-refractivity contribution >= 4 is 17.5 Å². The van der Waals surface area contributed by atoms with Gasteiger partial charge in [0.25, 0.3) is 0 Å². The lowest BCUT2D eigenvalue weighted by Gasteiger charge is -2.31. The fraction of sp³-hybridized carbons (Fsp3) is 0.529. The summed E-state index contributed by atoms with van der Waals surface area (Å²) in [5.41, 5.74) is -0.274. The quantitative estimate of drug-likeness (QED) is 0.819. The van der Waals surface area contributed by atoms with Crippen molar-refractivity contribution in [3.8, 4) is 0 Å². The van der Waals surface area contributed by atoms with E-state index in [1.165, 1.54) is 0 Å². The number of amides is 2. The van der Waals surface area contributed by atoms with E-state index >= 15 is 0 Å². The van der Waals surface area contributed by atoms with E-state index in [4.69, 9.17) is 0 Å². The summed E-state index contributed by atoms with van der Waals surface area (Å²) in [6.45, 7) is 9.74. The fourth-order valence-corrected chi connectivity index (χ4v) is 1.99. The van der Waals surface area contributed by atoms with Crippen LogP contribution in [0.15, 0.2) is 30.3 Å². The second-order valence-electron chi connectivity index (χ2n) is 5.79. The van der Waals surface area contributed by atoms with Crippen molar-refractivity contribution in [2.24, 2.45) is 5.41 Å². The highest BCUT2D eigenvalue weighted by Gasteiger charge is 2.39. The largest absolute Gasteiger partial charge is 0.353 e. The zero-order valence-electron chi connectivity index (χ0n) is 13.6. The standard InChI is InChI=1S/C17H26N2O2/c1-6-13(3)18-15(20)17(4,5)16(21)19(7-2)14-11-9-8-10-12-14/h8-13H,6-7H2,1-5H3,(H,18,20). The van der Waals surface area contributed by atoms with Gasteiger partial charge in [-0.25, -0.2) is 0 Å². The Balaban J connectivity index is 2.95. The summed E-state index contributed by atoms with van der Waals surface area (Å²) in [7, 11) is 0.